The maximum Gasteiger partial charge on any atom is 0.334 e. The standard InChI is InChI=1S/C8H13NO2.C7H13N3.C7H13NO.C7H11NO.C4H10O.BrH.H4N2.H2O/c1-9-5-3-4-7(6-9)8(10)11-2;1-10-3-2-7-6(5-10)4-8-9-7;2*1-8-4-2-3-7(5-8)6-9;1-3-5-4-2;;1-2;/h4H,3,5-6H2,1-2H3;4,6-7,9H,2-3,5H2,1H3;3,9H,2,4-6H2,1H3;3,6H,2,4-5H2,1H3;3-4H2,1-2H3;1H;1-2H2;1H2. The van der Waals surface area contributed by atoms with Crippen molar-refractivity contribution in [2.75, 3.05) is 107 Å². The molecule has 0 aromatic rings. The maximum absolute atomic E-state index is 11.0. The first-order valence-electron chi connectivity index (χ1n) is 16.3. The predicted molar refractivity (Wildman–Crippen MR) is 201 cm³/mol. The molecule has 0 aromatic heterocycles. The number of likely N-dealkylation sites (tertiary alicyclic amines) is 1. The summed E-state index contributed by atoms with van der Waals surface area (Å²) in [6.45, 7) is 14.0. The van der Waals surface area contributed by atoms with Gasteiger partial charge in [0.1, 0.15) is 6.29 Å². The third-order valence-corrected chi connectivity index (χ3v) is 7.71. The van der Waals surface area contributed by atoms with E-state index >= 15 is 0 Å². The topological polar surface area (TPSA) is 194 Å². The SMILES string of the molecule is Br.CCOCC.CN1CCC2NN=CC2C1.CN1CCC=C(C=O)C1.CN1CCC=C(CO)C1.COC(=O)C1=CCCN(C)C1.NN.O. The molecule has 2 unspecified atom stereocenters. The van der Waals surface area contributed by atoms with Gasteiger partial charge in [0.2, 0.25) is 0 Å². The molecule has 1 saturated heterocycles. The molecule has 1 fully saturated rings. The van der Waals surface area contributed by atoms with Gasteiger partial charge in [-0.15, -0.1) is 17.0 Å². The Morgan fingerprint density at radius 3 is 1.94 bits per heavy atom. The second-order valence-electron chi connectivity index (χ2n) is 11.7. The van der Waals surface area contributed by atoms with Crippen LogP contribution < -0.4 is 17.1 Å². The lowest BCUT2D eigenvalue weighted by atomic mass is 9.95. The van der Waals surface area contributed by atoms with Crippen molar-refractivity contribution in [3.05, 3.63) is 34.9 Å². The molecule has 15 heteroatoms. The van der Waals surface area contributed by atoms with E-state index in [0.29, 0.717) is 18.5 Å². The highest BCUT2D eigenvalue weighted by molar-refractivity contribution is 8.93. The van der Waals surface area contributed by atoms with E-state index in [2.05, 4.69) is 66.7 Å². The number of rotatable bonds is 5. The molecular formula is C33H67BrN8O6. The summed E-state index contributed by atoms with van der Waals surface area (Å²) < 4.78 is 9.44. The molecule has 2 atom stereocenters. The van der Waals surface area contributed by atoms with Crippen molar-refractivity contribution < 1.29 is 29.6 Å². The number of carbonyl (C=O) groups excluding carboxylic acids is 2. The van der Waals surface area contributed by atoms with Crippen molar-refractivity contribution >= 4 is 35.5 Å². The van der Waals surface area contributed by atoms with Crippen molar-refractivity contribution in [2.24, 2.45) is 22.7 Å². The van der Waals surface area contributed by atoms with Crippen molar-refractivity contribution in [3.8, 4) is 0 Å². The second-order valence-corrected chi connectivity index (χ2v) is 11.7. The van der Waals surface area contributed by atoms with Crippen LogP contribution in [0.4, 0.5) is 0 Å². The van der Waals surface area contributed by atoms with Crippen LogP contribution in [0.25, 0.3) is 0 Å². The highest BCUT2D eigenvalue weighted by atomic mass is 79.9. The first-order valence-corrected chi connectivity index (χ1v) is 16.3. The molecule has 48 heavy (non-hydrogen) atoms. The van der Waals surface area contributed by atoms with Crippen LogP contribution >= 0.6 is 17.0 Å². The zero-order valence-corrected chi connectivity index (χ0v) is 32.2. The minimum absolute atomic E-state index is 0. The lowest BCUT2D eigenvalue weighted by Gasteiger charge is -2.30. The Morgan fingerprint density at radius 2 is 1.50 bits per heavy atom. The number of hydrogen-bond donors (Lipinski definition) is 4. The Balaban J connectivity index is -0.000000523. The molecule has 0 aromatic carbocycles. The number of hydrogen-bond acceptors (Lipinski definition) is 13. The number of aliphatic hydroxyl groups is 1. The van der Waals surface area contributed by atoms with Crippen LogP contribution in [0.5, 0.6) is 0 Å². The number of piperidine rings is 1. The number of esters is 1. The van der Waals surface area contributed by atoms with Gasteiger partial charge >= 0.3 is 5.97 Å². The van der Waals surface area contributed by atoms with Crippen molar-refractivity contribution in [2.45, 2.75) is 45.6 Å². The number of ether oxygens (including phenoxy) is 2. The molecule has 0 spiro atoms. The molecule has 0 radical (unpaired) electrons. The van der Waals surface area contributed by atoms with Crippen LogP contribution in [-0.4, -0.2) is 162 Å². The Hall–Kier alpha value is -2.05. The number of aldehydes is 1. The third-order valence-electron chi connectivity index (χ3n) is 7.71. The maximum atomic E-state index is 11.0. The van der Waals surface area contributed by atoms with E-state index in [1.54, 1.807) is 0 Å². The molecule has 14 nitrogen and oxygen atoms in total. The number of nitrogens with zero attached hydrogens (tertiary/aromatic N) is 5. The molecule has 0 aliphatic carbocycles. The molecule has 5 rings (SSSR count). The van der Waals surface area contributed by atoms with Gasteiger partial charge in [-0.05, 0) is 79.8 Å². The second kappa shape index (κ2) is 32.2. The third kappa shape index (κ3) is 23.3. The van der Waals surface area contributed by atoms with Crippen LogP contribution in [0.15, 0.2) is 40.0 Å². The van der Waals surface area contributed by atoms with E-state index in [1.807, 2.05) is 46.3 Å². The van der Waals surface area contributed by atoms with Gasteiger partial charge in [-0.1, -0.05) is 18.2 Å². The monoisotopic (exact) mass is 750 g/mol. The first-order chi connectivity index (χ1) is 22.2. The molecule has 0 bridgehead atoms. The number of aliphatic hydroxyl groups excluding tert-OH is 1. The zero-order chi connectivity index (χ0) is 34.7. The molecule has 8 N–H and O–H groups in total. The summed E-state index contributed by atoms with van der Waals surface area (Å²) in [4.78, 5) is 30.0. The van der Waals surface area contributed by atoms with E-state index in [-0.39, 0.29) is 35.0 Å². The average molecular weight is 752 g/mol. The number of hydrazone groups is 1. The van der Waals surface area contributed by atoms with Gasteiger partial charge in [-0.3, -0.25) is 16.5 Å². The van der Waals surface area contributed by atoms with E-state index in [0.717, 1.165) is 88.2 Å². The van der Waals surface area contributed by atoms with E-state index in [4.69, 9.17) is 9.84 Å². The Labute approximate surface area is 300 Å². The highest BCUT2D eigenvalue weighted by Gasteiger charge is 2.28. The van der Waals surface area contributed by atoms with Crippen LogP contribution in [-0.2, 0) is 19.1 Å². The fourth-order valence-corrected chi connectivity index (χ4v) is 5.18. The van der Waals surface area contributed by atoms with Gasteiger partial charge in [-0.25, -0.2) is 4.79 Å². The number of halogens is 1. The minimum atomic E-state index is -0.198. The van der Waals surface area contributed by atoms with Gasteiger partial charge in [0.15, 0.2) is 0 Å². The fraction of sp³-hybridized carbons (Fsp3) is 0.727. The molecular weight excluding hydrogens is 684 g/mol. The van der Waals surface area contributed by atoms with Gasteiger partial charge in [0.25, 0.3) is 0 Å². The summed E-state index contributed by atoms with van der Waals surface area (Å²) in [6.07, 6.45) is 13.4. The Kier molecular flexibility index (Phi) is 33.7. The minimum Gasteiger partial charge on any atom is -0.466 e. The summed E-state index contributed by atoms with van der Waals surface area (Å²) in [5.74, 6) is 8.47. The van der Waals surface area contributed by atoms with E-state index in [1.165, 1.54) is 26.6 Å². The van der Waals surface area contributed by atoms with Crippen LogP contribution in [0.1, 0.15) is 39.5 Å². The lowest BCUT2D eigenvalue weighted by Crippen LogP contribution is -2.43. The van der Waals surface area contributed by atoms with Crippen molar-refractivity contribution in [3.63, 3.8) is 0 Å². The highest BCUT2D eigenvalue weighted by Crippen LogP contribution is 2.17. The van der Waals surface area contributed by atoms with Crippen molar-refractivity contribution in [1.82, 2.24) is 25.0 Å². The lowest BCUT2D eigenvalue weighted by molar-refractivity contribution is -0.136. The average Bonchev–Trinajstić information content (AvgIpc) is 3.55. The quantitative estimate of drug-likeness (QED) is 0.101. The largest absolute Gasteiger partial charge is 0.466 e. The van der Waals surface area contributed by atoms with Gasteiger partial charge in [-0.2, -0.15) is 5.10 Å². The number of nitrogens with two attached hydrogens (primary N) is 2. The zero-order valence-electron chi connectivity index (χ0n) is 30.5. The number of fused-ring (bicyclic) bond motifs is 1. The number of methoxy groups -OCH3 is 1. The first kappa shape index (κ1) is 50.3. The summed E-state index contributed by atoms with van der Waals surface area (Å²) in [6, 6.07) is 0.635. The molecule has 5 heterocycles. The molecule has 282 valence electrons. The van der Waals surface area contributed by atoms with Gasteiger partial charge in [0.05, 0.1) is 19.8 Å². The van der Waals surface area contributed by atoms with Crippen LogP contribution in [0.2, 0.25) is 0 Å². The number of nitrogens with one attached hydrogen (secondary N) is 1. The van der Waals surface area contributed by atoms with Crippen LogP contribution in [0.3, 0.4) is 0 Å². The summed E-state index contributed by atoms with van der Waals surface area (Å²) in [5.41, 5.74) is 5.98. The summed E-state index contributed by atoms with van der Waals surface area (Å²) >= 11 is 0. The van der Waals surface area contributed by atoms with Gasteiger partial charge in [0, 0.05) is 82.3 Å². The fourth-order valence-electron chi connectivity index (χ4n) is 5.18. The van der Waals surface area contributed by atoms with E-state index in [9.17, 15) is 9.59 Å². The Morgan fingerprint density at radius 1 is 0.938 bits per heavy atom. The van der Waals surface area contributed by atoms with E-state index < -0.39 is 0 Å². The van der Waals surface area contributed by atoms with Crippen molar-refractivity contribution in [1.29, 1.82) is 0 Å². The smallest absolute Gasteiger partial charge is 0.334 e. The molecule has 5 aliphatic rings. The summed E-state index contributed by atoms with van der Waals surface area (Å²) in [5, 5.41) is 12.8. The molecule has 5 aliphatic heterocycles. The predicted octanol–water partition coefficient (Wildman–Crippen LogP) is 0.620. The molecule has 0 amide bonds. The number of hydrazine groups is 1. The Bertz CT molecular complexity index is 951. The summed E-state index contributed by atoms with van der Waals surface area (Å²) in [7, 11) is 9.68. The number of likely N-dealkylation sites (N-methyl/N-ethyl adjacent to an activating group) is 3. The normalized spacial score (nSPS) is 21.7. The number of carbonyl (C=O) groups is 2. The van der Waals surface area contributed by atoms with Gasteiger partial charge < -0.3 is 45.1 Å². The van der Waals surface area contributed by atoms with Crippen LogP contribution in [0, 0.1) is 5.92 Å². The molecule has 0 saturated carbocycles.